The number of pyridine rings is 1. The van der Waals surface area contributed by atoms with E-state index in [0.717, 1.165) is 12.8 Å². The lowest BCUT2D eigenvalue weighted by Crippen LogP contribution is -2.40. The van der Waals surface area contributed by atoms with Crippen molar-refractivity contribution >= 4 is 0 Å². The summed E-state index contributed by atoms with van der Waals surface area (Å²) in [5.74, 6) is 0.499. The third-order valence-electron chi connectivity index (χ3n) is 3.18. The molecule has 0 bridgehead atoms. The number of aliphatic hydroxyl groups excluding tert-OH is 1. The van der Waals surface area contributed by atoms with Gasteiger partial charge in [-0.15, -0.1) is 0 Å². The zero-order valence-electron chi connectivity index (χ0n) is 8.90. The number of hydrogen-bond acceptors (Lipinski definition) is 3. The molecule has 3 rings (SSSR count). The van der Waals surface area contributed by atoms with Gasteiger partial charge in [0.05, 0.1) is 6.10 Å². The van der Waals surface area contributed by atoms with Crippen molar-refractivity contribution in [1.29, 1.82) is 0 Å². The summed E-state index contributed by atoms with van der Waals surface area (Å²) < 4.78 is 19.7. The molecule has 0 atom stereocenters. The van der Waals surface area contributed by atoms with Gasteiger partial charge in [-0.3, -0.25) is 0 Å². The van der Waals surface area contributed by atoms with E-state index in [2.05, 4.69) is 4.98 Å². The van der Waals surface area contributed by atoms with E-state index >= 15 is 0 Å². The zero-order chi connectivity index (χ0) is 11.2. The molecular weight excluding hydrogens is 209 g/mol. The number of alkyl halides is 1. The number of rotatable bonds is 3. The molecule has 16 heavy (non-hydrogen) atoms. The topological polar surface area (TPSA) is 42.4 Å². The summed E-state index contributed by atoms with van der Waals surface area (Å²) in [6.45, 7) is 0. The highest BCUT2D eigenvalue weighted by Gasteiger charge is 2.45. The van der Waals surface area contributed by atoms with E-state index in [9.17, 15) is 9.50 Å². The summed E-state index contributed by atoms with van der Waals surface area (Å²) in [5, 5.41) is 9.18. The van der Waals surface area contributed by atoms with Crippen molar-refractivity contribution in [2.24, 2.45) is 0 Å². The van der Waals surface area contributed by atoms with Crippen molar-refractivity contribution in [3.8, 4) is 5.88 Å². The van der Waals surface area contributed by atoms with E-state index < -0.39 is 11.8 Å². The number of aliphatic hydroxyl groups is 1. The summed E-state index contributed by atoms with van der Waals surface area (Å²) in [6, 6.07) is 3.32. The molecule has 1 heterocycles. The fourth-order valence-electron chi connectivity index (χ4n) is 2.03. The predicted molar refractivity (Wildman–Crippen MR) is 55.9 cm³/mol. The van der Waals surface area contributed by atoms with Crippen molar-refractivity contribution in [1.82, 2.24) is 4.98 Å². The maximum Gasteiger partial charge on any atom is 0.213 e. The molecular formula is C12H14FNO2. The molecule has 1 aromatic heterocycles. The Bertz CT molecular complexity index is 400. The second-order valence-electron chi connectivity index (χ2n) is 4.73. The van der Waals surface area contributed by atoms with Crippen LogP contribution in [0.15, 0.2) is 18.3 Å². The lowest BCUT2D eigenvalue weighted by molar-refractivity contribution is -0.0608. The molecule has 0 aromatic carbocycles. The van der Waals surface area contributed by atoms with Crippen LogP contribution in [0.3, 0.4) is 0 Å². The van der Waals surface area contributed by atoms with E-state index in [0.29, 0.717) is 11.4 Å². The van der Waals surface area contributed by atoms with Gasteiger partial charge in [0.15, 0.2) is 0 Å². The summed E-state index contributed by atoms with van der Waals surface area (Å²) >= 11 is 0. The molecule has 1 N–H and O–H groups in total. The second-order valence-corrected chi connectivity index (χ2v) is 4.73. The molecule has 2 fully saturated rings. The van der Waals surface area contributed by atoms with Crippen LogP contribution in [0.1, 0.15) is 31.2 Å². The largest absolute Gasteiger partial charge is 0.474 e. The Labute approximate surface area is 93.3 Å². The molecule has 0 radical (unpaired) electrons. The molecule has 0 saturated heterocycles. The standard InChI is InChI=1S/C12H14FNO2/c13-12(6-9(15)7-12)8-3-4-14-11(5-8)16-10-1-2-10/h3-5,9-10,15H,1-2,6-7H2. The Morgan fingerprint density at radius 2 is 2.19 bits per heavy atom. The molecule has 0 amide bonds. The number of hydrogen-bond donors (Lipinski definition) is 1. The van der Waals surface area contributed by atoms with E-state index in [1.165, 1.54) is 0 Å². The molecule has 0 aliphatic heterocycles. The Morgan fingerprint density at radius 1 is 1.44 bits per heavy atom. The molecule has 2 aliphatic carbocycles. The average molecular weight is 223 g/mol. The quantitative estimate of drug-likeness (QED) is 0.851. The lowest BCUT2D eigenvalue weighted by atomic mass is 9.75. The summed E-state index contributed by atoms with van der Waals surface area (Å²) in [4.78, 5) is 4.06. The number of nitrogens with zero attached hydrogens (tertiary/aromatic N) is 1. The normalized spacial score (nSPS) is 33.2. The van der Waals surface area contributed by atoms with Gasteiger partial charge in [-0.05, 0) is 24.5 Å². The first-order valence-electron chi connectivity index (χ1n) is 5.66. The van der Waals surface area contributed by atoms with Crippen molar-refractivity contribution in [3.05, 3.63) is 23.9 Å². The summed E-state index contributed by atoms with van der Waals surface area (Å²) in [7, 11) is 0. The van der Waals surface area contributed by atoms with Crippen LogP contribution in [0, 0.1) is 0 Å². The molecule has 0 unspecified atom stereocenters. The van der Waals surface area contributed by atoms with Crippen LogP contribution in [-0.4, -0.2) is 22.3 Å². The van der Waals surface area contributed by atoms with E-state index in [-0.39, 0.29) is 18.9 Å². The number of aromatic nitrogens is 1. The SMILES string of the molecule is OC1CC(F)(c2ccnc(OC3CC3)c2)C1. The molecule has 4 heteroatoms. The molecule has 86 valence electrons. The molecule has 2 saturated carbocycles. The van der Waals surface area contributed by atoms with Gasteiger partial charge in [0.25, 0.3) is 0 Å². The number of ether oxygens (including phenoxy) is 1. The van der Waals surface area contributed by atoms with Gasteiger partial charge in [-0.25, -0.2) is 9.37 Å². The fourth-order valence-corrected chi connectivity index (χ4v) is 2.03. The fraction of sp³-hybridized carbons (Fsp3) is 0.583. The highest BCUT2D eigenvalue weighted by Crippen LogP contribution is 2.45. The van der Waals surface area contributed by atoms with E-state index in [1.807, 2.05) is 0 Å². The van der Waals surface area contributed by atoms with Gasteiger partial charge in [0.1, 0.15) is 11.8 Å². The smallest absolute Gasteiger partial charge is 0.213 e. The third-order valence-corrected chi connectivity index (χ3v) is 3.18. The highest BCUT2D eigenvalue weighted by molar-refractivity contribution is 5.29. The van der Waals surface area contributed by atoms with Crippen LogP contribution in [0.5, 0.6) is 5.88 Å². The van der Waals surface area contributed by atoms with Gasteiger partial charge in [0.2, 0.25) is 5.88 Å². The number of halogens is 1. The zero-order valence-corrected chi connectivity index (χ0v) is 8.90. The molecule has 1 aromatic rings. The lowest BCUT2D eigenvalue weighted by Gasteiger charge is -2.38. The Morgan fingerprint density at radius 3 is 2.81 bits per heavy atom. The summed E-state index contributed by atoms with van der Waals surface area (Å²) in [5.41, 5.74) is -0.812. The summed E-state index contributed by atoms with van der Waals surface area (Å²) in [6.07, 6.45) is 3.81. The van der Waals surface area contributed by atoms with Crippen LogP contribution in [0.25, 0.3) is 0 Å². The van der Waals surface area contributed by atoms with E-state index in [1.54, 1.807) is 18.3 Å². The van der Waals surface area contributed by atoms with Crippen LogP contribution in [0.4, 0.5) is 4.39 Å². The molecule has 3 nitrogen and oxygen atoms in total. The minimum atomic E-state index is -1.38. The maximum atomic E-state index is 14.2. The van der Waals surface area contributed by atoms with Crippen molar-refractivity contribution in [2.75, 3.05) is 0 Å². The minimum absolute atomic E-state index is 0.180. The Kier molecular flexibility index (Phi) is 2.14. The van der Waals surface area contributed by atoms with Gasteiger partial charge < -0.3 is 9.84 Å². The van der Waals surface area contributed by atoms with E-state index in [4.69, 9.17) is 4.74 Å². The van der Waals surface area contributed by atoms with Gasteiger partial charge in [-0.2, -0.15) is 0 Å². The first kappa shape index (κ1) is 10.0. The van der Waals surface area contributed by atoms with Crippen LogP contribution >= 0.6 is 0 Å². The molecule has 2 aliphatic rings. The third kappa shape index (κ3) is 1.78. The van der Waals surface area contributed by atoms with Crippen LogP contribution in [-0.2, 0) is 5.67 Å². The minimum Gasteiger partial charge on any atom is -0.474 e. The Hall–Kier alpha value is -1.16. The van der Waals surface area contributed by atoms with Crippen molar-refractivity contribution < 1.29 is 14.2 Å². The second kappa shape index (κ2) is 3.42. The molecule has 0 spiro atoms. The predicted octanol–water partition coefficient (Wildman–Crippen LogP) is 1.94. The van der Waals surface area contributed by atoms with Gasteiger partial charge in [-0.1, -0.05) is 0 Å². The van der Waals surface area contributed by atoms with Gasteiger partial charge in [0, 0.05) is 25.1 Å². The Balaban J connectivity index is 1.78. The van der Waals surface area contributed by atoms with Crippen LogP contribution in [0.2, 0.25) is 0 Å². The average Bonchev–Trinajstić information content (AvgIpc) is 3.00. The highest BCUT2D eigenvalue weighted by atomic mass is 19.1. The maximum absolute atomic E-state index is 14.2. The van der Waals surface area contributed by atoms with Crippen molar-refractivity contribution in [2.45, 2.75) is 43.6 Å². The monoisotopic (exact) mass is 223 g/mol. The van der Waals surface area contributed by atoms with Gasteiger partial charge >= 0.3 is 0 Å². The first-order chi connectivity index (χ1) is 7.66. The first-order valence-corrected chi connectivity index (χ1v) is 5.66. The van der Waals surface area contributed by atoms with Crippen molar-refractivity contribution in [3.63, 3.8) is 0 Å². The van der Waals surface area contributed by atoms with Crippen LogP contribution < -0.4 is 4.74 Å².